The van der Waals surface area contributed by atoms with Crippen molar-refractivity contribution < 1.29 is 0 Å². The Kier molecular flexibility index (Phi) is 5.87. The smallest absolute Gasteiger partial charge is 0.191 e. The highest BCUT2D eigenvalue weighted by atomic mass is 32.2. The summed E-state index contributed by atoms with van der Waals surface area (Å²) in [5.41, 5.74) is 1.38. The van der Waals surface area contributed by atoms with E-state index in [-0.39, 0.29) is 0 Å². The van der Waals surface area contributed by atoms with Crippen molar-refractivity contribution in [2.75, 3.05) is 30.5 Å². The van der Waals surface area contributed by atoms with Crippen molar-refractivity contribution in [2.45, 2.75) is 24.4 Å². The summed E-state index contributed by atoms with van der Waals surface area (Å²) in [4.78, 5) is 8.83. The first-order valence-corrected chi connectivity index (χ1v) is 8.35. The standard InChI is InChI=1S/C16H22N4S/c1-12(13-7-5-4-6-8-13)9-10-18-15-11-14(17-2)19-16(20-15)21-3/h4-8,11-12H,9-10H2,1-3H3,(H2,17,18,19,20). The van der Waals surface area contributed by atoms with E-state index in [9.17, 15) is 0 Å². The van der Waals surface area contributed by atoms with E-state index >= 15 is 0 Å². The number of anilines is 2. The van der Waals surface area contributed by atoms with Crippen LogP contribution in [0.2, 0.25) is 0 Å². The maximum absolute atomic E-state index is 4.47. The van der Waals surface area contributed by atoms with Gasteiger partial charge in [-0.15, -0.1) is 0 Å². The molecule has 0 bridgehead atoms. The molecule has 1 heterocycles. The van der Waals surface area contributed by atoms with Gasteiger partial charge in [0, 0.05) is 19.7 Å². The predicted octanol–water partition coefficient (Wildman–Crippen LogP) is 3.85. The average molecular weight is 302 g/mol. The Morgan fingerprint density at radius 1 is 1.14 bits per heavy atom. The molecule has 1 unspecified atom stereocenters. The molecule has 2 N–H and O–H groups in total. The first-order chi connectivity index (χ1) is 10.2. The number of rotatable bonds is 7. The van der Waals surface area contributed by atoms with E-state index < -0.39 is 0 Å². The van der Waals surface area contributed by atoms with Crippen LogP contribution in [-0.4, -0.2) is 29.8 Å². The summed E-state index contributed by atoms with van der Waals surface area (Å²) >= 11 is 1.55. The Hall–Kier alpha value is -1.75. The fourth-order valence-electron chi connectivity index (χ4n) is 2.10. The maximum atomic E-state index is 4.47. The first-order valence-electron chi connectivity index (χ1n) is 7.12. The number of hydrogen-bond donors (Lipinski definition) is 2. The number of hydrogen-bond acceptors (Lipinski definition) is 5. The van der Waals surface area contributed by atoms with Crippen molar-refractivity contribution >= 4 is 23.4 Å². The summed E-state index contributed by atoms with van der Waals surface area (Å²) < 4.78 is 0. The molecule has 1 aromatic carbocycles. The molecule has 0 aliphatic carbocycles. The molecule has 4 nitrogen and oxygen atoms in total. The molecule has 1 atom stereocenters. The zero-order valence-corrected chi connectivity index (χ0v) is 13.6. The monoisotopic (exact) mass is 302 g/mol. The molecule has 0 fully saturated rings. The van der Waals surface area contributed by atoms with Gasteiger partial charge in [0.25, 0.3) is 0 Å². The summed E-state index contributed by atoms with van der Waals surface area (Å²) in [6, 6.07) is 12.5. The summed E-state index contributed by atoms with van der Waals surface area (Å²) in [6.45, 7) is 3.15. The minimum absolute atomic E-state index is 0.532. The Balaban J connectivity index is 1.91. The Labute approximate surface area is 130 Å². The molecule has 0 radical (unpaired) electrons. The average Bonchev–Trinajstić information content (AvgIpc) is 2.55. The van der Waals surface area contributed by atoms with Crippen LogP contribution in [0.25, 0.3) is 0 Å². The second kappa shape index (κ2) is 7.88. The van der Waals surface area contributed by atoms with E-state index in [2.05, 4.69) is 57.9 Å². The molecule has 1 aromatic heterocycles. The molecular weight excluding hydrogens is 280 g/mol. The molecule has 5 heteroatoms. The van der Waals surface area contributed by atoms with Crippen LogP contribution in [0, 0.1) is 0 Å². The van der Waals surface area contributed by atoms with Crippen molar-refractivity contribution in [3.05, 3.63) is 42.0 Å². The van der Waals surface area contributed by atoms with Gasteiger partial charge < -0.3 is 10.6 Å². The summed E-state index contributed by atoms with van der Waals surface area (Å²) in [5.74, 6) is 2.25. The minimum Gasteiger partial charge on any atom is -0.373 e. The molecule has 0 spiro atoms. The summed E-state index contributed by atoms with van der Waals surface area (Å²) in [5, 5.41) is 7.23. The van der Waals surface area contributed by atoms with E-state index in [0.29, 0.717) is 5.92 Å². The van der Waals surface area contributed by atoms with Crippen LogP contribution in [0.15, 0.2) is 41.6 Å². The Morgan fingerprint density at radius 2 is 1.86 bits per heavy atom. The van der Waals surface area contributed by atoms with Gasteiger partial charge in [0.05, 0.1) is 0 Å². The van der Waals surface area contributed by atoms with Crippen LogP contribution in [0.1, 0.15) is 24.8 Å². The van der Waals surface area contributed by atoms with Crippen LogP contribution >= 0.6 is 11.8 Å². The number of thioether (sulfide) groups is 1. The second-order valence-electron chi connectivity index (χ2n) is 4.90. The molecule has 0 aliphatic rings. The van der Waals surface area contributed by atoms with E-state index in [1.165, 1.54) is 5.56 Å². The Bertz CT molecular complexity index is 537. The summed E-state index contributed by atoms with van der Waals surface area (Å²) in [6.07, 6.45) is 3.05. The maximum Gasteiger partial charge on any atom is 0.191 e. The lowest BCUT2D eigenvalue weighted by molar-refractivity contribution is 0.704. The van der Waals surface area contributed by atoms with Gasteiger partial charge >= 0.3 is 0 Å². The van der Waals surface area contributed by atoms with Gasteiger partial charge in [-0.25, -0.2) is 9.97 Å². The molecule has 0 amide bonds. The molecule has 112 valence electrons. The molecule has 21 heavy (non-hydrogen) atoms. The minimum atomic E-state index is 0.532. The normalized spacial score (nSPS) is 12.0. The van der Waals surface area contributed by atoms with E-state index in [0.717, 1.165) is 29.8 Å². The Morgan fingerprint density at radius 3 is 2.52 bits per heavy atom. The topological polar surface area (TPSA) is 49.8 Å². The van der Waals surface area contributed by atoms with Gasteiger partial charge in [-0.3, -0.25) is 0 Å². The van der Waals surface area contributed by atoms with Gasteiger partial charge in [-0.2, -0.15) is 0 Å². The third-order valence-electron chi connectivity index (χ3n) is 3.40. The third kappa shape index (κ3) is 4.63. The highest BCUT2D eigenvalue weighted by Crippen LogP contribution is 2.20. The molecule has 0 saturated heterocycles. The number of nitrogens with zero attached hydrogens (tertiary/aromatic N) is 2. The van der Waals surface area contributed by atoms with Crippen molar-refractivity contribution in [3.63, 3.8) is 0 Å². The van der Waals surface area contributed by atoms with Gasteiger partial charge in [-0.05, 0) is 24.2 Å². The summed E-state index contributed by atoms with van der Waals surface area (Å²) in [7, 11) is 1.87. The van der Waals surface area contributed by atoms with E-state index in [4.69, 9.17) is 0 Å². The first kappa shape index (κ1) is 15.6. The fraction of sp³-hybridized carbons (Fsp3) is 0.375. The van der Waals surface area contributed by atoms with Gasteiger partial charge in [0.15, 0.2) is 5.16 Å². The largest absolute Gasteiger partial charge is 0.373 e. The molecule has 0 saturated carbocycles. The van der Waals surface area contributed by atoms with Crippen LogP contribution in [-0.2, 0) is 0 Å². The lowest BCUT2D eigenvalue weighted by atomic mass is 9.98. The molecule has 2 rings (SSSR count). The van der Waals surface area contributed by atoms with Crippen LogP contribution < -0.4 is 10.6 Å². The van der Waals surface area contributed by atoms with E-state index in [1.54, 1.807) is 11.8 Å². The zero-order chi connectivity index (χ0) is 15.1. The highest BCUT2D eigenvalue weighted by molar-refractivity contribution is 7.98. The van der Waals surface area contributed by atoms with Crippen molar-refractivity contribution in [2.24, 2.45) is 0 Å². The predicted molar refractivity (Wildman–Crippen MR) is 91.3 cm³/mol. The highest BCUT2D eigenvalue weighted by Gasteiger charge is 2.06. The van der Waals surface area contributed by atoms with Gasteiger partial charge in [0.1, 0.15) is 11.6 Å². The van der Waals surface area contributed by atoms with Crippen LogP contribution in [0.3, 0.4) is 0 Å². The quantitative estimate of drug-likeness (QED) is 0.601. The van der Waals surface area contributed by atoms with Crippen molar-refractivity contribution in [3.8, 4) is 0 Å². The third-order valence-corrected chi connectivity index (χ3v) is 3.94. The number of nitrogens with one attached hydrogen (secondary N) is 2. The molecule has 2 aromatic rings. The number of benzene rings is 1. The lowest BCUT2D eigenvalue weighted by Crippen LogP contribution is -2.08. The SMILES string of the molecule is CNc1cc(NCCC(C)c2ccccc2)nc(SC)n1. The van der Waals surface area contributed by atoms with Crippen LogP contribution in [0.5, 0.6) is 0 Å². The number of aromatic nitrogens is 2. The van der Waals surface area contributed by atoms with Crippen molar-refractivity contribution in [1.29, 1.82) is 0 Å². The van der Waals surface area contributed by atoms with Crippen molar-refractivity contribution in [1.82, 2.24) is 9.97 Å². The zero-order valence-electron chi connectivity index (χ0n) is 12.8. The molecular formula is C16H22N4S. The second-order valence-corrected chi connectivity index (χ2v) is 5.68. The van der Waals surface area contributed by atoms with E-state index in [1.807, 2.05) is 19.4 Å². The lowest BCUT2D eigenvalue weighted by Gasteiger charge is -2.13. The fourth-order valence-corrected chi connectivity index (χ4v) is 2.48. The van der Waals surface area contributed by atoms with Crippen LogP contribution in [0.4, 0.5) is 11.6 Å². The van der Waals surface area contributed by atoms with Gasteiger partial charge in [-0.1, -0.05) is 49.0 Å². The van der Waals surface area contributed by atoms with Gasteiger partial charge in [0.2, 0.25) is 0 Å². The molecule has 0 aliphatic heterocycles.